The topological polar surface area (TPSA) is 143 Å². The zero-order chi connectivity index (χ0) is 41.9. The van der Waals surface area contributed by atoms with E-state index >= 15 is 0 Å². The fraction of sp³-hybridized carbons (Fsp3) is 0.723. The summed E-state index contributed by atoms with van der Waals surface area (Å²) in [6.45, 7) is 16.5. The summed E-state index contributed by atoms with van der Waals surface area (Å²) in [7, 11) is 1.62. The molecule has 1 aliphatic carbocycles. The van der Waals surface area contributed by atoms with Crippen LogP contribution in [-0.4, -0.2) is 93.9 Å². The van der Waals surface area contributed by atoms with E-state index in [1.165, 1.54) is 4.90 Å². The molecule has 3 N–H and O–H groups in total. The Bertz CT molecular complexity index is 1490. The number of esters is 1. The lowest BCUT2D eigenvalue weighted by atomic mass is 9.80. The smallest absolute Gasteiger partial charge is 0.329 e. The summed E-state index contributed by atoms with van der Waals surface area (Å²) in [6, 6.07) is -0.980. The van der Waals surface area contributed by atoms with E-state index < -0.39 is 53.7 Å². The van der Waals surface area contributed by atoms with Crippen molar-refractivity contribution in [1.82, 2.24) is 4.90 Å². The highest BCUT2D eigenvalue weighted by Crippen LogP contribution is 2.37. The number of Topliss-reactive ketones (excluding diaryl/α,β-unsaturated/α-hetero) is 1. The van der Waals surface area contributed by atoms with Crippen molar-refractivity contribution in [3.8, 4) is 0 Å². The highest BCUT2D eigenvalue weighted by atomic mass is 16.6. The number of aliphatic hydroxyl groups is 3. The largest absolute Gasteiger partial charge is 0.460 e. The van der Waals surface area contributed by atoms with Crippen LogP contribution in [0.2, 0.25) is 0 Å². The molecular weight excluding hydrogens is 723 g/mol. The van der Waals surface area contributed by atoms with Crippen LogP contribution in [0, 0.1) is 29.6 Å². The number of carbonyl (C=O) groups is 3. The molecule has 2 saturated heterocycles. The fourth-order valence-corrected chi connectivity index (χ4v) is 9.08. The number of nitrogens with zero attached hydrogens (tertiary/aromatic N) is 1. The summed E-state index contributed by atoms with van der Waals surface area (Å²) in [5.41, 5.74) is 2.71. The molecule has 320 valence electrons. The lowest BCUT2D eigenvalue weighted by molar-refractivity contribution is -0.265. The number of carbonyl (C=O) groups excluding carboxylic acids is 3. The molecule has 4 aliphatic rings. The van der Waals surface area contributed by atoms with Crippen molar-refractivity contribution in [2.75, 3.05) is 13.7 Å². The van der Waals surface area contributed by atoms with Gasteiger partial charge >= 0.3 is 5.97 Å². The predicted octanol–water partition coefficient (Wildman–Crippen LogP) is 7.71. The number of rotatable bonds is 4. The number of fused-ring (bicyclic) bond motifs is 3. The first-order valence-electron chi connectivity index (χ1n) is 21.7. The number of amides is 1. The van der Waals surface area contributed by atoms with Crippen LogP contribution in [0.1, 0.15) is 131 Å². The van der Waals surface area contributed by atoms with Gasteiger partial charge in [0.05, 0.1) is 24.4 Å². The first kappa shape index (κ1) is 46.8. The molecule has 3 fully saturated rings. The van der Waals surface area contributed by atoms with E-state index in [0.29, 0.717) is 63.2 Å². The first-order valence-corrected chi connectivity index (χ1v) is 21.7. The average Bonchev–Trinajstić information content (AvgIpc) is 3.19. The molecule has 0 radical (unpaired) electrons. The van der Waals surface area contributed by atoms with E-state index in [9.17, 15) is 29.7 Å². The molecule has 10 heteroatoms. The van der Waals surface area contributed by atoms with Gasteiger partial charge in [0, 0.05) is 32.4 Å². The van der Waals surface area contributed by atoms with Crippen LogP contribution in [0.25, 0.3) is 0 Å². The molecule has 10 atom stereocenters. The second-order valence-electron chi connectivity index (χ2n) is 17.9. The minimum atomic E-state index is -2.34. The van der Waals surface area contributed by atoms with Gasteiger partial charge in [0.2, 0.25) is 5.79 Å². The normalized spacial score (nSPS) is 40.0. The number of hydrogen-bond donors (Lipinski definition) is 3. The molecule has 0 aromatic rings. The third-order valence-corrected chi connectivity index (χ3v) is 13.3. The number of ether oxygens (including phenoxy) is 3. The van der Waals surface area contributed by atoms with Crippen molar-refractivity contribution < 1.29 is 43.9 Å². The SMILES string of the molecule is C=C1C[C@H](O)/C(C)=C/CC([C@H](C)C[C@H]2CC[C@H](O)CC2)OC(=O)[C@@H]2CCCCN2C(=O)C(=O)[C@]2(O)O[C@@H](CC[C@H]2C)C[C@H](OC)/C(C)=C/C=C/C=C/[C@@H](C)C[C@H]1C. The second-order valence-corrected chi connectivity index (χ2v) is 17.9. The molecule has 0 spiro atoms. The van der Waals surface area contributed by atoms with Crippen LogP contribution in [0.15, 0.2) is 59.8 Å². The molecule has 57 heavy (non-hydrogen) atoms. The van der Waals surface area contributed by atoms with Gasteiger partial charge in [-0.1, -0.05) is 76.3 Å². The molecule has 4 rings (SSSR count). The lowest BCUT2D eigenvalue weighted by Gasteiger charge is -2.42. The molecule has 2 bridgehead atoms. The Balaban J connectivity index is 1.64. The Morgan fingerprint density at radius 2 is 1.67 bits per heavy atom. The van der Waals surface area contributed by atoms with E-state index in [4.69, 9.17) is 14.2 Å². The molecule has 0 aromatic carbocycles. The third-order valence-electron chi connectivity index (χ3n) is 13.3. The van der Waals surface area contributed by atoms with E-state index in [1.807, 2.05) is 44.2 Å². The van der Waals surface area contributed by atoms with E-state index in [0.717, 1.165) is 55.2 Å². The summed E-state index contributed by atoms with van der Waals surface area (Å²) in [5.74, 6) is -4.70. The molecule has 3 heterocycles. The molecule has 0 aromatic heterocycles. The number of methoxy groups -OCH3 is 1. The van der Waals surface area contributed by atoms with Crippen molar-refractivity contribution in [3.63, 3.8) is 0 Å². The van der Waals surface area contributed by atoms with Gasteiger partial charge in [-0.3, -0.25) is 9.59 Å². The van der Waals surface area contributed by atoms with Gasteiger partial charge in [-0.2, -0.15) is 0 Å². The molecule has 1 unspecified atom stereocenters. The number of aliphatic hydroxyl groups excluding tert-OH is 2. The van der Waals surface area contributed by atoms with Crippen molar-refractivity contribution in [1.29, 1.82) is 0 Å². The minimum Gasteiger partial charge on any atom is -0.460 e. The zero-order valence-electron chi connectivity index (χ0n) is 35.9. The maximum atomic E-state index is 14.2. The Morgan fingerprint density at radius 3 is 2.37 bits per heavy atom. The van der Waals surface area contributed by atoms with Gasteiger partial charge in [0.1, 0.15) is 12.1 Å². The third kappa shape index (κ3) is 13.0. The first-order chi connectivity index (χ1) is 27.0. The van der Waals surface area contributed by atoms with Crippen LogP contribution < -0.4 is 0 Å². The quantitative estimate of drug-likeness (QED) is 0.148. The Labute approximate surface area is 342 Å². The van der Waals surface area contributed by atoms with Crippen molar-refractivity contribution in [2.45, 2.75) is 174 Å². The Hall–Kier alpha value is -2.89. The van der Waals surface area contributed by atoms with Crippen LogP contribution in [0.4, 0.5) is 0 Å². The van der Waals surface area contributed by atoms with Gasteiger partial charge in [-0.15, -0.1) is 0 Å². The molecule has 10 nitrogen and oxygen atoms in total. The zero-order valence-corrected chi connectivity index (χ0v) is 35.9. The lowest BCUT2D eigenvalue weighted by Crippen LogP contribution is -2.61. The minimum absolute atomic E-state index is 0.0382. The Kier molecular flexibility index (Phi) is 18.0. The monoisotopic (exact) mass is 796 g/mol. The van der Waals surface area contributed by atoms with Crippen molar-refractivity contribution in [2.24, 2.45) is 29.6 Å². The Morgan fingerprint density at radius 1 is 0.947 bits per heavy atom. The van der Waals surface area contributed by atoms with Gasteiger partial charge in [-0.25, -0.2) is 4.79 Å². The van der Waals surface area contributed by atoms with Crippen molar-refractivity contribution in [3.05, 3.63) is 59.8 Å². The van der Waals surface area contributed by atoms with Crippen LogP contribution in [-0.2, 0) is 28.6 Å². The van der Waals surface area contributed by atoms with Crippen LogP contribution in [0.3, 0.4) is 0 Å². The average molecular weight is 796 g/mol. The van der Waals surface area contributed by atoms with Gasteiger partial charge in [0.25, 0.3) is 11.7 Å². The fourth-order valence-electron chi connectivity index (χ4n) is 9.08. The summed E-state index contributed by atoms with van der Waals surface area (Å²) in [4.78, 5) is 43.6. The maximum absolute atomic E-state index is 14.2. The number of cyclic esters (lactones) is 1. The summed E-state index contributed by atoms with van der Waals surface area (Å²) < 4.78 is 18.3. The van der Waals surface area contributed by atoms with Gasteiger partial charge < -0.3 is 34.4 Å². The van der Waals surface area contributed by atoms with Gasteiger partial charge in [-0.05, 0) is 126 Å². The van der Waals surface area contributed by atoms with Crippen LogP contribution in [0.5, 0.6) is 0 Å². The number of ketones is 1. The maximum Gasteiger partial charge on any atom is 0.329 e. The second kappa shape index (κ2) is 21.9. The summed E-state index contributed by atoms with van der Waals surface area (Å²) >= 11 is 0. The predicted molar refractivity (Wildman–Crippen MR) is 223 cm³/mol. The summed E-state index contributed by atoms with van der Waals surface area (Å²) in [5, 5.41) is 33.2. The molecule has 1 saturated carbocycles. The highest BCUT2D eigenvalue weighted by molar-refractivity contribution is 6.39. The van der Waals surface area contributed by atoms with Crippen molar-refractivity contribution >= 4 is 17.7 Å². The molecule has 1 amide bonds. The standard InChI is InChI=1S/C47H73NO9/c1-30-14-10-9-11-15-32(3)43(55-8)29-39-23-18-36(7)47(54,57-39)44(51)45(52)48-25-13-12-16-40(48)46(53)56-42(35(6)27-37-19-21-38(49)22-20-37)24-17-31(2)41(50)28-34(5)33(4)26-30/h9-11,14-15,17,30,33,35-43,49-50,54H,5,12-13,16,18-29H2,1-4,6-8H3/b11-9+,14-10+,31-17+,32-15+/t30-,33-,35-,36-,37-,38-,39+,40+,41+,42?,43+,47-/m1/s1. The van der Waals surface area contributed by atoms with E-state index in [2.05, 4.69) is 33.4 Å². The van der Waals surface area contributed by atoms with E-state index in [1.54, 1.807) is 14.0 Å². The van der Waals surface area contributed by atoms with Crippen LogP contribution >= 0.6 is 0 Å². The number of allylic oxidation sites excluding steroid dienone is 5. The number of hydrogen-bond acceptors (Lipinski definition) is 9. The number of piperidine rings is 1. The highest BCUT2D eigenvalue weighted by Gasteiger charge is 2.53. The van der Waals surface area contributed by atoms with E-state index in [-0.39, 0.29) is 30.6 Å². The summed E-state index contributed by atoms with van der Waals surface area (Å²) in [6.07, 6.45) is 18.6. The molecule has 3 aliphatic heterocycles. The molecular formula is C47H73NO9. The van der Waals surface area contributed by atoms with Gasteiger partial charge in [0.15, 0.2) is 0 Å².